The average Bonchev–Trinajstić information content (AvgIpc) is 3.12. The summed E-state index contributed by atoms with van der Waals surface area (Å²) in [4.78, 5) is 2.44. The fourth-order valence-corrected chi connectivity index (χ4v) is 2.79. The molecule has 20 heavy (non-hydrogen) atoms. The number of fused-ring (bicyclic) bond motifs is 1. The van der Waals surface area contributed by atoms with Crippen LogP contribution in [0, 0.1) is 5.92 Å². The minimum Gasteiger partial charge on any atom is -0.454 e. The van der Waals surface area contributed by atoms with E-state index in [1.807, 2.05) is 6.07 Å². The Labute approximate surface area is 121 Å². The van der Waals surface area contributed by atoms with E-state index in [1.165, 1.54) is 24.9 Å². The molecule has 3 rings (SSSR count). The molecule has 1 unspecified atom stereocenters. The van der Waals surface area contributed by atoms with Crippen LogP contribution in [-0.2, 0) is 0 Å². The highest BCUT2D eigenvalue weighted by molar-refractivity contribution is 5.45. The first-order valence-electron chi connectivity index (χ1n) is 7.57. The molecular weight excluding hydrogens is 252 g/mol. The fourth-order valence-electron chi connectivity index (χ4n) is 2.79. The van der Waals surface area contributed by atoms with Crippen LogP contribution in [0.15, 0.2) is 18.2 Å². The highest BCUT2D eigenvalue weighted by Gasteiger charge is 2.24. The molecule has 1 saturated carbocycles. The van der Waals surface area contributed by atoms with Gasteiger partial charge >= 0.3 is 0 Å². The lowest BCUT2D eigenvalue weighted by Crippen LogP contribution is -2.34. The highest BCUT2D eigenvalue weighted by atomic mass is 16.7. The maximum Gasteiger partial charge on any atom is 0.231 e. The molecule has 0 amide bonds. The van der Waals surface area contributed by atoms with Crippen LogP contribution in [0.4, 0.5) is 0 Å². The zero-order chi connectivity index (χ0) is 13.9. The summed E-state index contributed by atoms with van der Waals surface area (Å²) in [5.41, 5.74) is 1.28. The molecule has 2 aliphatic rings. The van der Waals surface area contributed by atoms with Gasteiger partial charge in [0.05, 0.1) is 0 Å². The number of nitrogens with zero attached hydrogens (tertiary/aromatic N) is 1. The van der Waals surface area contributed by atoms with Crippen LogP contribution in [-0.4, -0.2) is 38.4 Å². The van der Waals surface area contributed by atoms with E-state index in [4.69, 9.17) is 9.47 Å². The Morgan fingerprint density at radius 2 is 2.10 bits per heavy atom. The van der Waals surface area contributed by atoms with Gasteiger partial charge in [-0.2, -0.15) is 0 Å². The molecule has 1 heterocycles. The molecule has 1 fully saturated rings. The van der Waals surface area contributed by atoms with Gasteiger partial charge in [-0.15, -0.1) is 0 Å². The van der Waals surface area contributed by atoms with E-state index in [0.717, 1.165) is 30.5 Å². The maximum atomic E-state index is 5.48. The minimum absolute atomic E-state index is 0.340. The van der Waals surface area contributed by atoms with E-state index >= 15 is 0 Å². The number of rotatable bonds is 7. The molecule has 1 atom stereocenters. The van der Waals surface area contributed by atoms with Crippen LogP contribution in [0.2, 0.25) is 0 Å². The molecule has 110 valence electrons. The van der Waals surface area contributed by atoms with E-state index < -0.39 is 0 Å². The molecular formula is C16H24N2O2. The van der Waals surface area contributed by atoms with E-state index in [-0.39, 0.29) is 0 Å². The van der Waals surface area contributed by atoms with Gasteiger partial charge in [0.2, 0.25) is 6.79 Å². The molecule has 4 nitrogen and oxygen atoms in total. The van der Waals surface area contributed by atoms with Gasteiger partial charge in [0.1, 0.15) is 0 Å². The van der Waals surface area contributed by atoms with Crippen LogP contribution >= 0.6 is 0 Å². The number of benzene rings is 1. The zero-order valence-corrected chi connectivity index (χ0v) is 12.4. The summed E-state index contributed by atoms with van der Waals surface area (Å²) >= 11 is 0. The van der Waals surface area contributed by atoms with Crippen LogP contribution < -0.4 is 14.8 Å². The molecule has 4 heteroatoms. The molecule has 0 saturated heterocycles. The summed E-state index contributed by atoms with van der Waals surface area (Å²) in [6, 6.07) is 6.62. The number of likely N-dealkylation sites (N-methyl/N-ethyl adjacent to an activating group) is 2. The van der Waals surface area contributed by atoms with Gasteiger partial charge in [0, 0.05) is 19.1 Å². The molecule has 1 aromatic rings. The van der Waals surface area contributed by atoms with Gasteiger partial charge < -0.3 is 19.7 Å². The summed E-state index contributed by atoms with van der Waals surface area (Å²) < 4.78 is 10.9. The standard InChI is InChI=1S/C16H24N2O2/c1-3-17-14(10-18(2)9-12-4-5-12)13-6-7-15-16(8-13)20-11-19-15/h6-8,12,14,17H,3-5,9-11H2,1-2H3. The van der Waals surface area contributed by atoms with Crippen molar-refractivity contribution >= 4 is 0 Å². The van der Waals surface area contributed by atoms with Gasteiger partial charge in [-0.05, 0) is 50.0 Å². The van der Waals surface area contributed by atoms with Crippen molar-refractivity contribution in [1.82, 2.24) is 10.2 Å². The Morgan fingerprint density at radius 3 is 2.85 bits per heavy atom. The summed E-state index contributed by atoms with van der Waals surface area (Å²) in [5, 5.41) is 3.58. The third-order valence-electron chi connectivity index (χ3n) is 4.01. The van der Waals surface area contributed by atoms with Crippen molar-refractivity contribution in [2.24, 2.45) is 5.92 Å². The second-order valence-corrected chi connectivity index (χ2v) is 5.89. The third-order valence-corrected chi connectivity index (χ3v) is 4.01. The fraction of sp³-hybridized carbons (Fsp3) is 0.625. The van der Waals surface area contributed by atoms with Gasteiger partial charge in [-0.3, -0.25) is 0 Å². The number of hydrogen-bond donors (Lipinski definition) is 1. The first kappa shape index (κ1) is 13.7. The monoisotopic (exact) mass is 276 g/mol. The van der Waals surface area contributed by atoms with Crippen LogP contribution in [0.3, 0.4) is 0 Å². The average molecular weight is 276 g/mol. The van der Waals surface area contributed by atoms with Crippen molar-refractivity contribution in [2.75, 3.05) is 33.5 Å². The summed E-state index contributed by atoms with van der Waals surface area (Å²) in [6.07, 6.45) is 2.81. The molecule has 1 N–H and O–H groups in total. The van der Waals surface area contributed by atoms with Crippen LogP contribution in [0.5, 0.6) is 11.5 Å². The maximum absolute atomic E-state index is 5.48. The predicted molar refractivity (Wildman–Crippen MR) is 79.2 cm³/mol. The van der Waals surface area contributed by atoms with E-state index in [0.29, 0.717) is 12.8 Å². The molecule has 0 aromatic heterocycles. The number of hydrogen-bond acceptors (Lipinski definition) is 4. The molecule has 1 aliphatic carbocycles. The largest absolute Gasteiger partial charge is 0.454 e. The molecule has 0 radical (unpaired) electrons. The number of ether oxygens (including phenoxy) is 2. The molecule has 1 aliphatic heterocycles. The van der Waals surface area contributed by atoms with Gasteiger partial charge in [0.15, 0.2) is 11.5 Å². The zero-order valence-electron chi connectivity index (χ0n) is 12.4. The highest BCUT2D eigenvalue weighted by Crippen LogP contribution is 2.34. The van der Waals surface area contributed by atoms with Crippen LogP contribution in [0.25, 0.3) is 0 Å². The topological polar surface area (TPSA) is 33.7 Å². The Hall–Kier alpha value is -1.26. The quantitative estimate of drug-likeness (QED) is 0.829. The Balaban J connectivity index is 1.68. The summed E-state index contributed by atoms with van der Waals surface area (Å²) in [5.74, 6) is 2.66. The third kappa shape index (κ3) is 3.25. The van der Waals surface area contributed by atoms with E-state index in [1.54, 1.807) is 0 Å². The predicted octanol–water partition coefficient (Wildman–Crippen LogP) is 2.41. The van der Waals surface area contributed by atoms with Crippen molar-refractivity contribution in [3.63, 3.8) is 0 Å². The number of nitrogens with one attached hydrogen (secondary N) is 1. The van der Waals surface area contributed by atoms with Crippen LogP contribution in [0.1, 0.15) is 31.4 Å². The van der Waals surface area contributed by atoms with Gasteiger partial charge in [-0.25, -0.2) is 0 Å². The first-order valence-corrected chi connectivity index (χ1v) is 7.57. The van der Waals surface area contributed by atoms with Crippen molar-refractivity contribution in [3.05, 3.63) is 23.8 Å². The lowest BCUT2D eigenvalue weighted by Gasteiger charge is -2.25. The SMILES string of the molecule is CCNC(CN(C)CC1CC1)c1ccc2c(c1)OCO2. The second-order valence-electron chi connectivity index (χ2n) is 5.89. The first-order chi connectivity index (χ1) is 9.76. The molecule has 0 spiro atoms. The molecule has 1 aromatic carbocycles. The van der Waals surface area contributed by atoms with Crippen molar-refractivity contribution in [2.45, 2.75) is 25.8 Å². The Bertz CT molecular complexity index is 460. The Morgan fingerprint density at radius 1 is 1.30 bits per heavy atom. The summed E-state index contributed by atoms with van der Waals surface area (Å²) in [6.45, 7) is 5.71. The lowest BCUT2D eigenvalue weighted by atomic mass is 10.1. The van der Waals surface area contributed by atoms with E-state index in [2.05, 4.69) is 36.3 Å². The van der Waals surface area contributed by atoms with Gasteiger partial charge in [0.25, 0.3) is 0 Å². The Kier molecular flexibility index (Phi) is 4.13. The van der Waals surface area contributed by atoms with Gasteiger partial charge in [-0.1, -0.05) is 13.0 Å². The normalized spacial score (nSPS) is 18.6. The summed E-state index contributed by atoms with van der Waals surface area (Å²) in [7, 11) is 2.22. The van der Waals surface area contributed by atoms with E-state index in [9.17, 15) is 0 Å². The lowest BCUT2D eigenvalue weighted by molar-refractivity contribution is 0.174. The van der Waals surface area contributed by atoms with Crippen molar-refractivity contribution in [1.29, 1.82) is 0 Å². The van der Waals surface area contributed by atoms with Crippen molar-refractivity contribution in [3.8, 4) is 11.5 Å². The second kappa shape index (κ2) is 6.02. The minimum atomic E-state index is 0.340. The van der Waals surface area contributed by atoms with Crippen molar-refractivity contribution < 1.29 is 9.47 Å². The molecule has 0 bridgehead atoms. The smallest absolute Gasteiger partial charge is 0.231 e.